The lowest BCUT2D eigenvalue weighted by Crippen LogP contribution is -2.05. The van der Waals surface area contributed by atoms with Gasteiger partial charge in [-0.1, -0.05) is 25.1 Å². The Bertz CT molecular complexity index is 545. The van der Waals surface area contributed by atoms with Crippen LogP contribution in [0.1, 0.15) is 29.3 Å². The van der Waals surface area contributed by atoms with Crippen molar-refractivity contribution in [3.63, 3.8) is 0 Å². The number of rotatable bonds is 2. The van der Waals surface area contributed by atoms with Gasteiger partial charge in [0.1, 0.15) is 5.82 Å². The maximum absolute atomic E-state index is 6.02. The van der Waals surface area contributed by atoms with Gasteiger partial charge in [-0.25, -0.2) is 9.97 Å². The summed E-state index contributed by atoms with van der Waals surface area (Å²) in [6.45, 7) is 8.21. The Kier molecular flexibility index (Phi) is 3.32. The van der Waals surface area contributed by atoms with Gasteiger partial charge in [0.2, 0.25) is 0 Å². The Balaban J connectivity index is 2.66. The third-order valence-corrected chi connectivity index (χ3v) is 3.30. The average molecular weight is 241 g/mol. The van der Waals surface area contributed by atoms with E-state index in [-0.39, 0.29) is 0 Å². The zero-order chi connectivity index (χ0) is 13.3. The predicted molar refractivity (Wildman–Crippen MR) is 75.5 cm³/mol. The van der Waals surface area contributed by atoms with Crippen molar-refractivity contribution in [2.24, 2.45) is 0 Å². The normalized spacial score (nSPS) is 10.7. The summed E-state index contributed by atoms with van der Waals surface area (Å²) >= 11 is 0. The minimum Gasteiger partial charge on any atom is -0.383 e. The van der Waals surface area contributed by atoms with Gasteiger partial charge in [0.15, 0.2) is 5.82 Å². The number of nitrogen functional groups attached to an aromatic ring is 1. The Morgan fingerprint density at radius 1 is 1.06 bits per heavy atom. The second-order valence-corrected chi connectivity index (χ2v) is 4.62. The van der Waals surface area contributed by atoms with E-state index in [1.807, 2.05) is 13.0 Å². The van der Waals surface area contributed by atoms with Gasteiger partial charge in [-0.05, 0) is 38.3 Å². The van der Waals surface area contributed by atoms with Crippen LogP contribution >= 0.6 is 0 Å². The zero-order valence-corrected chi connectivity index (χ0v) is 11.4. The number of nitrogens with two attached hydrogens (primary N) is 1. The molecule has 2 aromatic rings. The van der Waals surface area contributed by atoms with Crippen LogP contribution in [0, 0.1) is 20.8 Å². The van der Waals surface area contributed by atoms with Crippen molar-refractivity contribution < 1.29 is 0 Å². The molecule has 0 saturated heterocycles. The van der Waals surface area contributed by atoms with E-state index in [4.69, 9.17) is 5.73 Å². The Labute approximate surface area is 108 Å². The quantitative estimate of drug-likeness (QED) is 0.878. The van der Waals surface area contributed by atoms with Gasteiger partial charge in [-0.2, -0.15) is 0 Å². The van der Waals surface area contributed by atoms with Gasteiger partial charge in [-0.15, -0.1) is 0 Å². The molecule has 2 N–H and O–H groups in total. The summed E-state index contributed by atoms with van der Waals surface area (Å²) in [5.41, 5.74) is 11.5. The molecule has 1 aromatic carbocycles. The molecule has 0 spiro atoms. The van der Waals surface area contributed by atoms with Gasteiger partial charge in [0.25, 0.3) is 0 Å². The highest BCUT2D eigenvalue weighted by Gasteiger charge is 2.12. The van der Waals surface area contributed by atoms with Gasteiger partial charge in [-0.3, -0.25) is 0 Å². The van der Waals surface area contributed by atoms with Crippen LogP contribution < -0.4 is 5.73 Å². The minimum absolute atomic E-state index is 0.600. The molecular weight excluding hydrogens is 222 g/mol. The van der Waals surface area contributed by atoms with Crippen LogP contribution in [-0.4, -0.2) is 9.97 Å². The molecule has 3 heteroatoms. The lowest BCUT2D eigenvalue weighted by atomic mass is 10.0. The molecule has 0 fully saturated rings. The lowest BCUT2D eigenvalue weighted by molar-refractivity contribution is 1.01. The number of aromatic nitrogens is 2. The number of aryl methyl sites for hydroxylation is 3. The highest BCUT2D eigenvalue weighted by Crippen LogP contribution is 2.26. The van der Waals surface area contributed by atoms with Crippen molar-refractivity contribution in [3.8, 4) is 11.4 Å². The van der Waals surface area contributed by atoms with Gasteiger partial charge < -0.3 is 5.73 Å². The first-order valence-corrected chi connectivity index (χ1v) is 6.24. The van der Waals surface area contributed by atoms with E-state index in [0.717, 1.165) is 29.1 Å². The second-order valence-electron chi connectivity index (χ2n) is 4.62. The molecule has 18 heavy (non-hydrogen) atoms. The zero-order valence-electron chi connectivity index (χ0n) is 11.4. The van der Waals surface area contributed by atoms with Gasteiger partial charge in [0.05, 0.1) is 0 Å². The molecule has 0 aliphatic rings. The first kappa shape index (κ1) is 12.6. The molecule has 3 nitrogen and oxygen atoms in total. The van der Waals surface area contributed by atoms with Crippen molar-refractivity contribution in [1.29, 1.82) is 0 Å². The SMILES string of the molecule is CCc1c(C)nc(-c2c(C)cccc2C)nc1N. The van der Waals surface area contributed by atoms with E-state index in [9.17, 15) is 0 Å². The van der Waals surface area contributed by atoms with E-state index in [1.165, 1.54) is 11.1 Å². The maximum atomic E-state index is 6.02. The fourth-order valence-electron chi connectivity index (χ4n) is 2.33. The molecule has 0 radical (unpaired) electrons. The van der Waals surface area contributed by atoms with Crippen LogP contribution in [0.3, 0.4) is 0 Å². The molecule has 0 saturated carbocycles. The molecule has 0 unspecified atom stereocenters. The van der Waals surface area contributed by atoms with Crippen LogP contribution in [0.15, 0.2) is 18.2 Å². The Morgan fingerprint density at radius 3 is 2.17 bits per heavy atom. The molecule has 94 valence electrons. The summed E-state index contributed by atoms with van der Waals surface area (Å²) in [5, 5.41) is 0. The largest absolute Gasteiger partial charge is 0.383 e. The van der Waals surface area contributed by atoms with Gasteiger partial charge in [0, 0.05) is 16.8 Å². The third-order valence-electron chi connectivity index (χ3n) is 3.30. The number of benzene rings is 1. The molecule has 0 aliphatic heterocycles. The molecule has 0 atom stereocenters. The van der Waals surface area contributed by atoms with Crippen LogP contribution in [-0.2, 0) is 6.42 Å². The predicted octanol–water partition coefficient (Wildman–Crippen LogP) is 3.21. The smallest absolute Gasteiger partial charge is 0.162 e. The van der Waals surface area contributed by atoms with Crippen LogP contribution in [0.5, 0.6) is 0 Å². The summed E-state index contributed by atoms with van der Waals surface area (Å²) in [5.74, 6) is 1.33. The van der Waals surface area contributed by atoms with E-state index >= 15 is 0 Å². The van der Waals surface area contributed by atoms with Crippen molar-refractivity contribution in [1.82, 2.24) is 9.97 Å². The monoisotopic (exact) mass is 241 g/mol. The van der Waals surface area contributed by atoms with E-state index in [1.54, 1.807) is 0 Å². The molecule has 1 aromatic heterocycles. The summed E-state index contributed by atoms with van der Waals surface area (Å²) < 4.78 is 0. The van der Waals surface area contributed by atoms with E-state index in [0.29, 0.717) is 5.82 Å². The fraction of sp³-hybridized carbons (Fsp3) is 0.333. The highest BCUT2D eigenvalue weighted by molar-refractivity contribution is 5.66. The lowest BCUT2D eigenvalue weighted by Gasteiger charge is -2.12. The average Bonchev–Trinajstić information content (AvgIpc) is 2.28. The van der Waals surface area contributed by atoms with Crippen molar-refractivity contribution in [3.05, 3.63) is 40.6 Å². The summed E-state index contributed by atoms with van der Waals surface area (Å²) in [6.07, 6.45) is 0.866. The summed E-state index contributed by atoms with van der Waals surface area (Å²) in [6, 6.07) is 6.20. The number of anilines is 1. The topological polar surface area (TPSA) is 51.8 Å². The third kappa shape index (κ3) is 2.08. The maximum Gasteiger partial charge on any atom is 0.162 e. The molecule has 1 heterocycles. The number of hydrogen-bond acceptors (Lipinski definition) is 3. The fourth-order valence-corrected chi connectivity index (χ4v) is 2.33. The number of hydrogen-bond donors (Lipinski definition) is 1. The molecule has 0 bridgehead atoms. The molecule has 2 rings (SSSR count). The molecular formula is C15H19N3. The second kappa shape index (κ2) is 4.77. The van der Waals surface area contributed by atoms with Crippen molar-refractivity contribution >= 4 is 5.82 Å². The molecule has 0 aliphatic carbocycles. The minimum atomic E-state index is 0.600. The van der Waals surface area contributed by atoms with Crippen LogP contribution in [0.4, 0.5) is 5.82 Å². The first-order chi connectivity index (χ1) is 8.54. The van der Waals surface area contributed by atoms with Gasteiger partial charge >= 0.3 is 0 Å². The van der Waals surface area contributed by atoms with Crippen LogP contribution in [0.25, 0.3) is 11.4 Å². The van der Waals surface area contributed by atoms with E-state index in [2.05, 4.69) is 42.9 Å². The van der Waals surface area contributed by atoms with Crippen molar-refractivity contribution in [2.45, 2.75) is 34.1 Å². The summed E-state index contributed by atoms with van der Waals surface area (Å²) in [7, 11) is 0. The standard InChI is InChI=1S/C15H19N3/c1-5-12-11(4)17-15(18-14(12)16)13-9(2)7-6-8-10(13)3/h6-8H,5H2,1-4H3,(H2,16,17,18). The summed E-state index contributed by atoms with van der Waals surface area (Å²) in [4.78, 5) is 9.07. The molecule has 0 amide bonds. The Hall–Kier alpha value is -1.90. The highest BCUT2D eigenvalue weighted by atomic mass is 15.0. The van der Waals surface area contributed by atoms with E-state index < -0.39 is 0 Å². The number of nitrogens with zero attached hydrogens (tertiary/aromatic N) is 2. The Morgan fingerprint density at radius 2 is 1.67 bits per heavy atom. The van der Waals surface area contributed by atoms with Crippen LogP contribution in [0.2, 0.25) is 0 Å². The first-order valence-electron chi connectivity index (χ1n) is 6.24. The van der Waals surface area contributed by atoms with Crippen molar-refractivity contribution in [2.75, 3.05) is 5.73 Å².